The first kappa shape index (κ1) is 21.8. The lowest BCUT2D eigenvalue weighted by Crippen LogP contribution is -2.51. The van der Waals surface area contributed by atoms with Crippen LogP contribution in [0, 0.1) is 0 Å². The second kappa shape index (κ2) is 10.7. The maximum absolute atomic E-state index is 12.5. The molecule has 1 aliphatic heterocycles. The van der Waals surface area contributed by atoms with Gasteiger partial charge in [-0.3, -0.25) is 9.69 Å². The lowest BCUT2D eigenvalue weighted by Gasteiger charge is -2.35. The van der Waals surface area contributed by atoms with Gasteiger partial charge >= 0.3 is 0 Å². The van der Waals surface area contributed by atoms with Gasteiger partial charge in [0.05, 0.1) is 6.54 Å². The molecule has 0 aliphatic carbocycles. The van der Waals surface area contributed by atoms with Crippen LogP contribution in [-0.4, -0.2) is 53.5 Å². The van der Waals surface area contributed by atoms with Gasteiger partial charge < -0.3 is 20.3 Å². The molecule has 0 spiro atoms. The molecule has 164 valence electrons. The first-order valence-corrected chi connectivity index (χ1v) is 11.0. The molecular formula is C25H26N4O2S. The molecule has 3 aromatic rings. The Bertz CT molecular complexity index is 1020. The van der Waals surface area contributed by atoms with E-state index in [1.165, 1.54) is 0 Å². The summed E-state index contributed by atoms with van der Waals surface area (Å²) < 4.78 is 5.79. The van der Waals surface area contributed by atoms with E-state index in [4.69, 9.17) is 17.0 Å². The minimum absolute atomic E-state index is 0.0276. The van der Waals surface area contributed by atoms with Crippen LogP contribution >= 0.6 is 12.2 Å². The van der Waals surface area contributed by atoms with Crippen molar-refractivity contribution in [2.45, 2.75) is 0 Å². The van der Waals surface area contributed by atoms with Crippen molar-refractivity contribution in [3.05, 3.63) is 84.9 Å². The van der Waals surface area contributed by atoms with Crippen molar-refractivity contribution in [2.75, 3.05) is 43.4 Å². The zero-order valence-electron chi connectivity index (χ0n) is 17.7. The number of piperazine rings is 1. The van der Waals surface area contributed by atoms with Gasteiger partial charge in [-0.25, -0.2) is 0 Å². The number of carbonyl (C=O) groups is 1. The molecule has 0 saturated carbocycles. The largest absolute Gasteiger partial charge is 0.457 e. The van der Waals surface area contributed by atoms with Crippen LogP contribution in [0.4, 0.5) is 11.4 Å². The first-order chi connectivity index (χ1) is 15.7. The SMILES string of the molecule is O=C(CN1CCN(C(=S)Nc2ccccc2)CC1)Nc1ccc(Oc2ccccc2)cc1. The van der Waals surface area contributed by atoms with Gasteiger partial charge in [-0.1, -0.05) is 36.4 Å². The lowest BCUT2D eigenvalue weighted by atomic mass is 10.3. The number of thiocarbonyl (C=S) groups is 1. The summed E-state index contributed by atoms with van der Waals surface area (Å²) >= 11 is 5.53. The molecule has 0 radical (unpaired) electrons. The van der Waals surface area contributed by atoms with Crippen molar-refractivity contribution in [3.8, 4) is 11.5 Å². The van der Waals surface area contributed by atoms with Crippen LogP contribution in [0.15, 0.2) is 84.9 Å². The van der Waals surface area contributed by atoms with Gasteiger partial charge in [0.15, 0.2) is 5.11 Å². The molecule has 1 aliphatic rings. The Balaban J connectivity index is 1.20. The quantitative estimate of drug-likeness (QED) is 0.547. The van der Waals surface area contributed by atoms with Gasteiger partial charge in [0.25, 0.3) is 0 Å². The molecule has 3 aromatic carbocycles. The number of anilines is 2. The van der Waals surface area contributed by atoms with Crippen molar-refractivity contribution < 1.29 is 9.53 Å². The Labute approximate surface area is 193 Å². The summed E-state index contributed by atoms with van der Waals surface area (Å²) in [6.45, 7) is 3.51. The van der Waals surface area contributed by atoms with Crippen LogP contribution in [0.3, 0.4) is 0 Å². The number of para-hydroxylation sites is 2. The Morgan fingerprint density at radius 2 is 1.31 bits per heavy atom. The summed E-state index contributed by atoms with van der Waals surface area (Å²) in [4.78, 5) is 16.8. The number of carbonyl (C=O) groups excluding carboxylic acids is 1. The van der Waals surface area contributed by atoms with Crippen molar-refractivity contribution in [1.82, 2.24) is 9.80 Å². The molecule has 0 bridgehead atoms. The van der Waals surface area contributed by atoms with Crippen LogP contribution in [-0.2, 0) is 4.79 Å². The maximum Gasteiger partial charge on any atom is 0.238 e. The van der Waals surface area contributed by atoms with E-state index in [-0.39, 0.29) is 5.91 Å². The van der Waals surface area contributed by atoms with Crippen molar-refractivity contribution in [1.29, 1.82) is 0 Å². The lowest BCUT2D eigenvalue weighted by molar-refractivity contribution is -0.117. The Hall–Kier alpha value is -3.42. The van der Waals surface area contributed by atoms with Gasteiger partial charge in [-0.15, -0.1) is 0 Å². The topological polar surface area (TPSA) is 56.8 Å². The van der Waals surface area contributed by atoms with Crippen molar-refractivity contribution in [3.63, 3.8) is 0 Å². The number of nitrogens with one attached hydrogen (secondary N) is 2. The van der Waals surface area contributed by atoms with E-state index in [1.807, 2.05) is 84.9 Å². The second-order valence-corrected chi connectivity index (χ2v) is 7.93. The van der Waals surface area contributed by atoms with Gasteiger partial charge in [0, 0.05) is 37.6 Å². The van der Waals surface area contributed by atoms with Crippen LogP contribution in [0.5, 0.6) is 11.5 Å². The van der Waals surface area contributed by atoms with Crippen LogP contribution in [0.1, 0.15) is 0 Å². The van der Waals surface area contributed by atoms with Gasteiger partial charge in [-0.05, 0) is 60.7 Å². The molecule has 2 N–H and O–H groups in total. The number of amides is 1. The van der Waals surface area contributed by atoms with Crippen molar-refractivity contribution in [2.24, 2.45) is 0 Å². The van der Waals surface area contributed by atoms with Gasteiger partial charge in [0.2, 0.25) is 5.91 Å². The highest BCUT2D eigenvalue weighted by Crippen LogP contribution is 2.22. The highest BCUT2D eigenvalue weighted by molar-refractivity contribution is 7.80. The molecule has 1 heterocycles. The Morgan fingerprint density at radius 1 is 0.750 bits per heavy atom. The molecule has 0 unspecified atom stereocenters. The van der Waals surface area contributed by atoms with E-state index >= 15 is 0 Å². The normalized spacial score (nSPS) is 13.9. The fourth-order valence-corrected chi connectivity index (χ4v) is 3.77. The van der Waals surface area contributed by atoms with E-state index in [9.17, 15) is 4.79 Å². The summed E-state index contributed by atoms with van der Waals surface area (Å²) in [6.07, 6.45) is 0. The fraction of sp³-hybridized carbons (Fsp3) is 0.200. The first-order valence-electron chi connectivity index (χ1n) is 10.6. The molecule has 1 saturated heterocycles. The monoisotopic (exact) mass is 446 g/mol. The highest BCUT2D eigenvalue weighted by atomic mass is 32.1. The fourth-order valence-electron chi connectivity index (χ4n) is 3.47. The third kappa shape index (κ3) is 6.29. The summed E-state index contributed by atoms with van der Waals surface area (Å²) in [6, 6.07) is 26.9. The minimum Gasteiger partial charge on any atom is -0.457 e. The van der Waals surface area contributed by atoms with Crippen LogP contribution < -0.4 is 15.4 Å². The molecule has 1 amide bonds. The number of hydrogen-bond acceptors (Lipinski definition) is 4. The zero-order valence-corrected chi connectivity index (χ0v) is 18.6. The van der Waals surface area contributed by atoms with E-state index in [2.05, 4.69) is 20.4 Å². The van der Waals surface area contributed by atoms with E-state index in [0.29, 0.717) is 6.54 Å². The molecular weight excluding hydrogens is 420 g/mol. The third-order valence-electron chi connectivity index (χ3n) is 5.17. The average molecular weight is 447 g/mol. The Morgan fingerprint density at radius 3 is 1.97 bits per heavy atom. The number of nitrogens with zero attached hydrogens (tertiary/aromatic N) is 2. The van der Waals surface area contributed by atoms with E-state index in [0.717, 1.165) is 54.2 Å². The average Bonchev–Trinajstić information content (AvgIpc) is 2.82. The summed E-state index contributed by atoms with van der Waals surface area (Å²) in [5.41, 5.74) is 1.74. The maximum atomic E-state index is 12.5. The summed E-state index contributed by atoms with van der Waals surface area (Å²) in [7, 11) is 0. The van der Waals surface area contributed by atoms with Crippen LogP contribution in [0.2, 0.25) is 0 Å². The predicted octanol–water partition coefficient (Wildman–Crippen LogP) is 4.43. The number of benzene rings is 3. The molecule has 7 heteroatoms. The van der Waals surface area contributed by atoms with E-state index < -0.39 is 0 Å². The second-order valence-electron chi connectivity index (χ2n) is 7.55. The smallest absolute Gasteiger partial charge is 0.238 e. The Kier molecular flexibility index (Phi) is 7.32. The van der Waals surface area contributed by atoms with Crippen LogP contribution in [0.25, 0.3) is 0 Å². The van der Waals surface area contributed by atoms with Gasteiger partial charge in [-0.2, -0.15) is 0 Å². The summed E-state index contributed by atoms with van der Waals surface area (Å²) in [5, 5.41) is 6.95. The standard InChI is InChI=1S/C25H26N4O2S/c30-24(26-21-11-13-23(14-12-21)31-22-9-5-2-6-10-22)19-28-15-17-29(18-16-28)25(32)27-20-7-3-1-4-8-20/h1-14H,15-19H2,(H,26,30)(H,27,32). The van der Waals surface area contributed by atoms with Crippen molar-refractivity contribution >= 4 is 34.6 Å². The number of rotatable bonds is 6. The number of hydrogen-bond donors (Lipinski definition) is 2. The molecule has 0 aromatic heterocycles. The predicted molar refractivity (Wildman–Crippen MR) is 132 cm³/mol. The zero-order chi connectivity index (χ0) is 22.2. The third-order valence-corrected chi connectivity index (χ3v) is 5.53. The molecule has 6 nitrogen and oxygen atoms in total. The minimum atomic E-state index is -0.0276. The molecule has 32 heavy (non-hydrogen) atoms. The van der Waals surface area contributed by atoms with E-state index in [1.54, 1.807) is 0 Å². The van der Waals surface area contributed by atoms with Gasteiger partial charge in [0.1, 0.15) is 11.5 Å². The molecule has 1 fully saturated rings. The summed E-state index contributed by atoms with van der Waals surface area (Å²) in [5.74, 6) is 1.48. The molecule has 0 atom stereocenters. The highest BCUT2D eigenvalue weighted by Gasteiger charge is 2.20. The molecule has 4 rings (SSSR count). The number of ether oxygens (including phenoxy) is 1.